The summed E-state index contributed by atoms with van der Waals surface area (Å²) in [6.45, 7) is 0. The SMILES string of the molecule is Cl.N[C@H](c1ccc(Br)c(Br)c1)c1cccs1. The van der Waals surface area contributed by atoms with Crippen LogP contribution >= 0.6 is 55.6 Å². The van der Waals surface area contributed by atoms with Gasteiger partial charge in [-0.25, -0.2) is 0 Å². The molecule has 0 aliphatic rings. The summed E-state index contributed by atoms with van der Waals surface area (Å²) in [4.78, 5) is 1.18. The smallest absolute Gasteiger partial charge is 0.0646 e. The molecule has 0 saturated heterocycles. The molecule has 5 heteroatoms. The number of halogens is 3. The van der Waals surface area contributed by atoms with Gasteiger partial charge in [0.1, 0.15) is 0 Å². The van der Waals surface area contributed by atoms with Crippen molar-refractivity contribution >= 4 is 55.6 Å². The van der Waals surface area contributed by atoms with Gasteiger partial charge >= 0.3 is 0 Å². The minimum absolute atomic E-state index is 0. The Morgan fingerprint density at radius 3 is 2.44 bits per heavy atom. The molecule has 0 bridgehead atoms. The molecule has 2 N–H and O–H groups in total. The zero-order valence-corrected chi connectivity index (χ0v) is 13.0. The third-order valence-electron chi connectivity index (χ3n) is 2.15. The Morgan fingerprint density at radius 2 is 1.88 bits per heavy atom. The number of nitrogens with two attached hydrogens (primary N) is 1. The monoisotopic (exact) mass is 381 g/mol. The van der Waals surface area contributed by atoms with E-state index in [0.29, 0.717) is 0 Å². The van der Waals surface area contributed by atoms with Gasteiger partial charge in [-0.15, -0.1) is 23.7 Å². The van der Waals surface area contributed by atoms with Crippen molar-refractivity contribution in [3.63, 3.8) is 0 Å². The van der Waals surface area contributed by atoms with Gasteiger partial charge in [-0.2, -0.15) is 0 Å². The molecule has 0 unspecified atom stereocenters. The maximum Gasteiger partial charge on any atom is 0.0646 e. The third kappa shape index (κ3) is 3.08. The Bertz CT molecular complexity index is 459. The molecule has 2 aromatic rings. The van der Waals surface area contributed by atoms with E-state index in [0.717, 1.165) is 14.5 Å². The minimum Gasteiger partial charge on any atom is -0.320 e. The van der Waals surface area contributed by atoms with Crippen molar-refractivity contribution in [2.45, 2.75) is 6.04 Å². The van der Waals surface area contributed by atoms with Gasteiger partial charge in [-0.05, 0) is 61.0 Å². The molecule has 16 heavy (non-hydrogen) atoms. The summed E-state index contributed by atoms with van der Waals surface area (Å²) < 4.78 is 2.08. The molecular formula is C11H10Br2ClNS. The van der Waals surface area contributed by atoms with E-state index < -0.39 is 0 Å². The zero-order valence-electron chi connectivity index (χ0n) is 8.19. The topological polar surface area (TPSA) is 26.0 Å². The van der Waals surface area contributed by atoms with E-state index in [4.69, 9.17) is 5.73 Å². The second kappa shape index (κ2) is 6.17. The lowest BCUT2D eigenvalue weighted by Crippen LogP contribution is -2.09. The average Bonchev–Trinajstić information content (AvgIpc) is 2.74. The molecule has 0 fully saturated rings. The molecule has 2 rings (SSSR count). The fraction of sp³-hybridized carbons (Fsp3) is 0.0909. The molecule has 0 saturated carbocycles. The van der Waals surface area contributed by atoms with Crippen molar-refractivity contribution in [2.24, 2.45) is 5.73 Å². The van der Waals surface area contributed by atoms with E-state index in [1.165, 1.54) is 4.88 Å². The molecule has 1 heterocycles. The summed E-state index contributed by atoms with van der Waals surface area (Å²) in [5, 5.41) is 2.04. The van der Waals surface area contributed by atoms with Gasteiger partial charge in [0, 0.05) is 13.8 Å². The van der Waals surface area contributed by atoms with E-state index in [1.54, 1.807) is 11.3 Å². The predicted octanol–water partition coefficient (Wildman–Crippen LogP) is 4.74. The van der Waals surface area contributed by atoms with Crippen LogP contribution in [0.5, 0.6) is 0 Å². The molecule has 0 aliphatic heterocycles. The van der Waals surface area contributed by atoms with Gasteiger partial charge in [0.15, 0.2) is 0 Å². The van der Waals surface area contributed by atoms with Crippen molar-refractivity contribution in [1.29, 1.82) is 0 Å². The quantitative estimate of drug-likeness (QED) is 0.796. The lowest BCUT2D eigenvalue weighted by Gasteiger charge is -2.10. The summed E-state index contributed by atoms with van der Waals surface area (Å²) >= 11 is 8.60. The molecule has 1 nitrogen and oxygen atoms in total. The second-order valence-electron chi connectivity index (χ2n) is 3.17. The Labute approximate surface area is 122 Å². The molecule has 0 amide bonds. The highest BCUT2D eigenvalue weighted by atomic mass is 79.9. The van der Waals surface area contributed by atoms with Gasteiger partial charge in [0.05, 0.1) is 6.04 Å². The summed E-state index contributed by atoms with van der Waals surface area (Å²) in [6, 6.07) is 10.1. The first-order chi connectivity index (χ1) is 7.18. The van der Waals surface area contributed by atoms with Crippen LogP contribution in [0.1, 0.15) is 16.5 Å². The van der Waals surface area contributed by atoms with Gasteiger partial charge in [-0.1, -0.05) is 12.1 Å². The summed E-state index contributed by atoms with van der Waals surface area (Å²) in [6.07, 6.45) is 0. The van der Waals surface area contributed by atoms with Gasteiger partial charge in [-0.3, -0.25) is 0 Å². The van der Waals surface area contributed by atoms with Crippen LogP contribution in [-0.2, 0) is 0 Å². The summed E-state index contributed by atoms with van der Waals surface area (Å²) in [7, 11) is 0. The van der Waals surface area contributed by atoms with E-state index >= 15 is 0 Å². The van der Waals surface area contributed by atoms with Gasteiger partial charge in [0.25, 0.3) is 0 Å². The minimum atomic E-state index is -0.0330. The third-order valence-corrected chi connectivity index (χ3v) is 4.99. The average molecular weight is 384 g/mol. The molecule has 1 atom stereocenters. The van der Waals surface area contributed by atoms with Crippen molar-refractivity contribution in [3.8, 4) is 0 Å². The van der Waals surface area contributed by atoms with Crippen LogP contribution in [0.15, 0.2) is 44.7 Å². The Morgan fingerprint density at radius 1 is 1.12 bits per heavy atom. The van der Waals surface area contributed by atoms with Crippen LogP contribution in [0.25, 0.3) is 0 Å². The first-order valence-corrected chi connectivity index (χ1v) is 6.89. The predicted molar refractivity (Wildman–Crippen MR) is 79.4 cm³/mol. The van der Waals surface area contributed by atoms with Crippen LogP contribution in [0.4, 0.5) is 0 Å². The summed E-state index contributed by atoms with van der Waals surface area (Å²) in [5.74, 6) is 0. The Kier molecular flexibility index (Phi) is 5.47. The van der Waals surface area contributed by atoms with Crippen molar-refractivity contribution in [3.05, 3.63) is 55.1 Å². The van der Waals surface area contributed by atoms with Crippen LogP contribution in [-0.4, -0.2) is 0 Å². The van der Waals surface area contributed by atoms with Gasteiger partial charge < -0.3 is 5.73 Å². The fourth-order valence-corrected chi connectivity index (χ4v) is 2.74. The molecule has 0 aliphatic carbocycles. The van der Waals surface area contributed by atoms with E-state index in [-0.39, 0.29) is 18.4 Å². The molecule has 1 aromatic carbocycles. The number of benzene rings is 1. The first-order valence-electron chi connectivity index (χ1n) is 4.42. The number of hydrogen-bond acceptors (Lipinski definition) is 2. The molecule has 86 valence electrons. The standard InChI is InChI=1S/C11H9Br2NS.ClH/c12-8-4-3-7(6-9(8)13)11(14)10-2-1-5-15-10;/h1-6,11H,14H2;1H/t11-;/m1./s1. The Balaban J connectivity index is 0.00000128. The van der Waals surface area contributed by atoms with Crippen LogP contribution in [0.3, 0.4) is 0 Å². The molecule has 0 spiro atoms. The van der Waals surface area contributed by atoms with E-state index in [1.807, 2.05) is 23.6 Å². The number of hydrogen-bond donors (Lipinski definition) is 1. The first kappa shape index (κ1) is 14.2. The summed E-state index contributed by atoms with van der Waals surface area (Å²) in [5.41, 5.74) is 7.27. The zero-order chi connectivity index (χ0) is 10.8. The molecule has 1 aromatic heterocycles. The van der Waals surface area contributed by atoms with Gasteiger partial charge in [0.2, 0.25) is 0 Å². The number of rotatable bonds is 2. The van der Waals surface area contributed by atoms with Crippen LogP contribution in [0, 0.1) is 0 Å². The number of thiophene rings is 1. The highest BCUT2D eigenvalue weighted by Gasteiger charge is 2.10. The van der Waals surface area contributed by atoms with Crippen LogP contribution < -0.4 is 5.73 Å². The Hall–Kier alpha value is 0.130. The van der Waals surface area contributed by atoms with Crippen molar-refractivity contribution in [1.82, 2.24) is 0 Å². The second-order valence-corrected chi connectivity index (χ2v) is 5.85. The largest absolute Gasteiger partial charge is 0.320 e. The van der Waals surface area contributed by atoms with Crippen LogP contribution in [0.2, 0.25) is 0 Å². The van der Waals surface area contributed by atoms with Crippen molar-refractivity contribution < 1.29 is 0 Å². The van der Waals surface area contributed by atoms with E-state index in [2.05, 4.69) is 44.0 Å². The molecular weight excluding hydrogens is 373 g/mol. The lowest BCUT2D eigenvalue weighted by atomic mass is 10.1. The lowest BCUT2D eigenvalue weighted by molar-refractivity contribution is 0.892. The van der Waals surface area contributed by atoms with Crippen molar-refractivity contribution in [2.75, 3.05) is 0 Å². The van der Waals surface area contributed by atoms with E-state index in [9.17, 15) is 0 Å². The normalized spacial score (nSPS) is 11.9. The maximum absolute atomic E-state index is 6.15. The highest BCUT2D eigenvalue weighted by molar-refractivity contribution is 9.13. The highest BCUT2D eigenvalue weighted by Crippen LogP contribution is 2.29. The fourth-order valence-electron chi connectivity index (χ4n) is 1.34. The maximum atomic E-state index is 6.15. The molecule has 0 radical (unpaired) electrons.